The molecule has 3 aromatic heterocycles. The van der Waals surface area contributed by atoms with Crippen LogP contribution in [0.2, 0.25) is 0 Å². The van der Waals surface area contributed by atoms with Crippen molar-refractivity contribution in [3.05, 3.63) is 29.5 Å². The number of anilines is 1. The first-order chi connectivity index (χ1) is 12.7. The van der Waals surface area contributed by atoms with Crippen molar-refractivity contribution in [2.24, 2.45) is 0 Å². The minimum atomic E-state index is 0.292. The van der Waals surface area contributed by atoms with Crippen LogP contribution in [0.4, 0.5) is 5.69 Å². The zero-order valence-corrected chi connectivity index (χ0v) is 16.0. The standard InChI is InChI=1S/C20H25N5S/c1-14-12-26-19(24-14)15-11-22-18-17(15)16(5-9-21-18)25-10-4-7-20(13-25)6-2-3-8-23-20/h5,9,11-12,23H,2-4,6-8,10,13H2,1H3,(H,21,22). The number of hydrogen-bond donors (Lipinski definition) is 2. The average molecular weight is 368 g/mol. The normalized spacial score (nSPS) is 23.8. The first-order valence-corrected chi connectivity index (χ1v) is 10.5. The molecule has 0 bridgehead atoms. The van der Waals surface area contributed by atoms with Crippen molar-refractivity contribution in [3.8, 4) is 10.6 Å². The number of H-pyrrole nitrogens is 1. The van der Waals surface area contributed by atoms with Crippen LogP contribution in [-0.2, 0) is 0 Å². The van der Waals surface area contributed by atoms with E-state index in [1.807, 2.05) is 6.20 Å². The van der Waals surface area contributed by atoms with Gasteiger partial charge in [-0.3, -0.25) is 0 Å². The SMILES string of the molecule is Cc1csc(-c2c[nH]c3nccc(N4CCCC5(CCCCN5)C4)c23)n1. The summed E-state index contributed by atoms with van der Waals surface area (Å²) in [5, 5.41) is 8.26. The van der Waals surface area contributed by atoms with Crippen molar-refractivity contribution in [3.63, 3.8) is 0 Å². The van der Waals surface area contributed by atoms with E-state index >= 15 is 0 Å². The number of aromatic nitrogens is 3. The Labute approximate surface area is 157 Å². The van der Waals surface area contributed by atoms with Crippen LogP contribution < -0.4 is 10.2 Å². The molecule has 3 aromatic rings. The van der Waals surface area contributed by atoms with E-state index in [0.717, 1.165) is 36.0 Å². The highest BCUT2D eigenvalue weighted by Crippen LogP contribution is 2.39. The number of rotatable bonds is 2. The van der Waals surface area contributed by atoms with Crippen LogP contribution in [0.5, 0.6) is 0 Å². The van der Waals surface area contributed by atoms with Gasteiger partial charge >= 0.3 is 0 Å². The molecule has 1 spiro atoms. The van der Waals surface area contributed by atoms with Crippen molar-refractivity contribution < 1.29 is 0 Å². The summed E-state index contributed by atoms with van der Waals surface area (Å²) in [6.45, 7) is 5.42. The van der Waals surface area contributed by atoms with Crippen LogP contribution in [0, 0.1) is 6.92 Å². The van der Waals surface area contributed by atoms with Crippen LogP contribution in [0.25, 0.3) is 21.6 Å². The number of aromatic amines is 1. The first-order valence-electron chi connectivity index (χ1n) is 9.63. The molecule has 2 aliphatic heterocycles. The zero-order valence-electron chi connectivity index (χ0n) is 15.2. The van der Waals surface area contributed by atoms with Crippen LogP contribution in [-0.4, -0.2) is 40.1 Å². The van der Waals surface area contributed by atoms with Gasteiger partial charge in [0.05, 0.1) is 11.1 Å². The van der Waals surface area contributed by atoms with Gasteiger partial charge in [0.25, 0.3) is 0 Å². The average Bonchev–Trinajstić information content (AvgIpc) is 3.28. The topological polar surface area (TPSA) is 56.8 Å². The number of hydrogen-bond acceptors (Lipinski definition) is 5. The van der Waals surface area contributed by atoms with Crippen molar-refractivity contribution >= 4 is 28.1 Å². The molecule has 2 fully saturated rings. The van der Waals surface area contributed by atoms with Gasteiger partial charge in [0.1, 0.15) is 10.7 Å². The number of pyridine rings is 1. The third-order valence-corrected chi connectivity index (χ3v) is 6.89. The number of nitrogens with one attached hydrogen (secondary N) is 2. The maximum Gasteiger partial charge on any atom is 0.140 e. The molecule has 26 heavy (non-hydrogen) atoms. The van der Waals surface area contributed by atoms with Crippen molar-refractivity contribution in [1.29, 1.82) is 0 Å². The number of fused-ring (bicyclic) bond motifs is 1. The molecular weight excluding hydrogens is 342 g/mol. The van der Waals surface area contributed by atoms with E-state index in [-0.39, 0.29) is 0 Å². The van der Waals surface area contributed by atoms with Gasteiger partial charge in [-0.25, -0.2) is 9.97 Å². The van der Waals surface area contributed by atoms with E-state index in [1.165, 1.54) is 48.7 Å². The Kier molecular flexibility index (Phi) is 3.98. The number of thiazole rings is 1. The van der Waals surface area contributed by atoms with Gasteiger partial charge in [-0.2, -0.15) is 0 Å². The summed E-state index contributed by atoms with van der Waals surface area (Å²) in [6, 6.07) is 2.18. The Hall–Kier alpha value is -1.92. The minimum absolute atomic E-state index is 0.292. The molecule has 2 N–H and O–H groups in total. The monoisotopic (exact) mass is 367 g/mol. The van der Waals surface area contributed by atoms with E-state index in [2.05, 4.69) is 44.8 Å². The maximum absolute atomic E-state index is 4.71. The fourth-order valence-corrected chi connectivity index (χ4v) is 5.48. The second kappa shape index (κ2) is 6.35. The van der Waals surface area contributed by atoms with Crippen molar-refractivity contribution in [1.82, 2.24) is 20.3 Å². The molecular formula is C20H25N5S. The van der Waals surface area contributed by atoms with Gasteiger partial charge in [0.2, 0.25) is 0 Å². The summed E-state index contributed by atoms with van der Waals surface area (Å²) < 4.78 is 0. The minimum Gasteiger partial charge on any atom is -0.369 e. The zero-order chi connectivity index (χ0) is 17.6. The predicted molar refractivity (Wildman–Crippen MR) is 108 cm³/mol. The molecule has 1 atom stereocenters. The summed E-state index contributed by atoms with van der Waals surface area (Å²) in [5.74, 6) is 0. The molecule has 0 amide bonds. The third kappa shape index (κ3) is 2.72. The Bertz CT molecular complexity index is 916. The molecule has 5 nitrogen and oxygen atoms in total. The second-order valence-electron chi connectivity index (χ2n) is 7.74. The molecule has 2 aliphatic rings. The highest BCUT2D eigenvalue weighted by atomic mass is 32.1. The van der Waals surface area contributed by atoms with E-state index in [0.29, 0.717) is 5.54 Å². The van der Waals surface area contributed by atoms with Crippen molar-refractivity contribution in [2.45, 2.75) is 44.6 Å². The maximum atomic E-state index is 4.71. The van der Waals surface area contributed by atoms with E-state index < -0.39 is 0 Å². The third-order valence-electron chi connectivity index (χ3n) is 5.90. The lowest BCUT2D eigenvalue weighted by Gasteiger charge is -2.47. The van der Waals surface area contributed by atoms with Crippen molar-refractivity contribution in [2.75, 3.05) is 24.5 Å². The number of nitrogens with zero attached hydrogens (tertiary/aromatic N) is 3. The van der Waals surface area contributed by atoms with E-state index in [4.69, 9.17) is 4.98 Å². The number of piperidine rings is 2. The lowest BCUT2D eigenvalue weighted by molar-refractivity contribution is 0.216. The van der Waals surface area contributed by atoms with Gasteiger partial charge in [-0.1, -0.05) is 6.42 Å². The molecule has 0 aliphatic carbocycles. The Balaban J connectivity index is 1.57. The lowest BCUT2D eigenvalue weighted by atomic mass is 9.81. The Morgan fingerprint density at radius 2 is 2.15 bits per heavy atom. The summed E-state index contributed by atoms with van der Waals surface area (Å²) >= 11 is 1.71. The molecule has 5 rings (SSSR count). The molecule has 1 unspecified atom stereocenters. The number of aryl methyl sites for hydroxylation is 1. The summed E-state index contributed by atoms with van der Waals surface area (Å²) in [7, 11) is 0. The molecule has 5 heterocycles. The Morgan fingerprint density at radius 1 is 1.23 bits per heavy atom. The van der Waals surface area contributed by atoms with Gasteiger partial charge < -0.3 is 15.2 Å². The van der Waals surface area contributed by atoms with Gasteiger partial charge in [0, 0.05) is 47.7 Å². The van der Waals surface area contributed by atoms with Crippen LogP contribution in [0.3, 0.4) is 0 Å². The molecule has 136 valence electrons. The molecule has 0 radical (unpaired) electrons. The van der Waals surface area contributed by atoms with E-state index in [1.54, 1.807) is 11.3 Å². The fraction of sp³-hybridized carbons (Fsp3) is 0.500. The summed E-state index contributed by atoms with van der Waals surface area (Å²) in [5.41, 5.74) is 4.80. The van der Waals surface area contributed by atoms with Gasteiger partial charge in [-0.15, -0.1) is 11.3 Å². The molecule has 0 aromatic carbocycles. The van der Waals surface area contributed by atoms with Gasteiger partial charge in [0.15, 0.2) is 0 Å². The summed E-state index contributed by atoms with van der Waals surface area (Å²) in [4.78, 5) is 15.2. The van der Waals surface area contributed by atoms with Crippen LogP contribution in [0.1, 0.15) is 37.8 Å². The van der Waals surface area contributed by atoms with Crippen LogP contribution >= 0.6 is 11.3 Å². The lowest BCUT2D eigenvalue weighted by Crippen LogP contribution is -2.59. The largest absolute Gasteiger partial charge is 0.369 e. The second-order valence-corrected chi connectivity index (χ2v) is 8.60. The Morgan fingerprint density at radius 3 is 2.96 bits per heavy atom. The first kappa shape index (κ1) is 16.3. The highest BCUT2D eigenvalue weighted by molar-refractivity contribution is 7.13. The highest BCUT2D eigenvalue weighted by Gasteiger charge is 2.37. The summed E-state index contributed by atoms with van der Waals surface area (Å²) in [6.07, 6.45) is 10.5. The van der Waals surface area contributed by atoms with Crippen LogP contribution in [0.15, 0.2) is 23.8 Å². The van der Waals surface area contributed by atoms with Gasteiger partial charge in [-0.05, 0) is 45.2 Å². The quantitative estimate of drug-likeness (QED) is 0.716. The molecule has 0 saturated carbocycles. The predicted octanol–water partition coefficient (Wildman–Crippen LogP) is 4.11. The smallest absolute Gasteiger partial charge is 0.140 e. The van der Waals surface area contributed by atoms with E-state index in [9.17, 15) is 0 Å². The fourth-order valence-electron chi connectivity index (χ4n) is 4.67. The molecule has 2 saturated heterocycles. The molecule has 6 heteroatoms.